The lowest BCUT2D eigenvalue weighted by molar-refractivity contribution is 0.415. The number of rotatable bonds is 6. The Bertz CT molecular complexity index is 645. The molecule has 0 aliphatic carbocycles. The minimum atomic E-state index is 0.0757. The lowest BCUT2D eigenvalue weighted by Gasteiger charge is -2.13. The van der Waals surface area contributed by atoms with E-state index in [4.69, 9.17) is 4.74 Å². The smallest absolute Gasteiger partial charge is 0.255 e. The van der Waals surface area contributed by atoms with Gasteiger partial charge in [0, 0.05) is 18.7 Å². The highest BCUT2D eigenvalue weighted by atomic mass is 16.5. The van der Waals surface area contributed by atoms with Gasteiger partial charge in [-0.05, 0) is 49.4 Å². The van der Waals surface area contributed by atoms with Crippen LogP contribution in [0.15, 0.2) is 41.2 Å². The van der Waals surface area contributed by atoms with Gasteiger partial charge in [0.25, 0.3) is 5.56 Å². The van der Waals surface area contributed by atoms with Gasteiger partial charge in [-0.25, -0.2) is 0 Å². The standard InChI is InChI=1S/C17H22N2O2/c1-4-18-12-14-8-11-16(19(5-2)17(14)20)13-6-9-15(21-3)10-7-13/h6-11,18H,4-5,12H2,1-3H3. The van der Waals surface area contributed by atoms with Crippen molar-refractivity contribution in [2.45, 2.75) is 26.9 Å². The summed E-state index contributed by atoms with van der Waals surface area (Å²) in [7, 11) is 1.65. The summed E-state index contributed by atoms with van der Waals surface area (Å²) in [6.07, 6.45) is 0. The molecule has 1 aromatic heterocycles. The zero-order valence-corrected chi connectivity index (χ0v) is 12.8. The quantitative estimate of drug-likeness (QED) is 0.888. The predicted molar refractivity (Wildman–Crippen MR) is 85.7 cm³/mol. The Hall–Kier alpha value is -2.07. The van der Waals surface area contributed by atoms with E-state index >= 15 is 0 Å². The zero-order chi connectivity index (χ0) is 15.2. The monoisotopic (exact) mass is 286 g/mol. The van der Waals surface area contributed by atoms with E-state index in [1.807, 2.05) is 54.8 Å². The molecule has 1 aromatic carbocycles. The summed E-state index contributed by atoms with van der Waals surface area (Å²) in [6.45, 7) is 6.14. The lowest BCUT2D eigenvalue weighted by atomic mass is 10.1. The molecule has 1 N–H and O–H groups in total. The first kappa shape index (κ1) is 15.3. The van der Waals surface area contributed by atoms with E-state index in [2.05, 4.69) is 5.32 Å². The van der Waals surface area contributed by atoms with Crippen LogP contribution in [0.4, 0.5) is 0 Å². The molecule has 0 spiro atoms. The second-order valence-corrected chi connectivity index (χ2v) is 4.80. The number of nitrogens with one attached hydrogen (secondary N) is 1. The van der Waals surface area contributed by atoms with Gasteiger partial charge in [0.1, 0.15) is 5.75 Å². The Morgan fingerprint density at radius 3 is 2.38 bits per heavy atom. The summed E-state index contributed by atoms with van der Waals surface area (Å²) < 4.78 is 6.99. The summed E-state index contributed by atoms with van der Waals surface area (Å²) in [5.74, 6) is 0.813. The summed E-state index contributed by atoms with van der Waals surface area (Å²) in [5, 5.41) is 3.20. The number of hydrogen-bond donors (Lipinski definition) is 1. The molecule has 4 heteroatoms. The Kier molecular flexibility index (Phi) is 5.17. The molecule has 0 radical (unpaired) electrons. The van der Waals surface area contributed by atoms with Crippen molar-refractivity contribution in [2.75, 3.05) is 13.7 Å². The van der Waals surface area contributed by atoms with E-state index in [1.54, 1.807) is 7.11 Å². The number of hydrogen-bond acceptors (Lipinski definition) is 3. The van der Waals surface area contributed by atoms with Crippen molar-refractivity contribution in [1.82, 2.24) is 9.88 Å². The number of aromatic nitrogens is 1. The Balaban J connectivity index is 2.43. The van der Waals surface area contributed by atoms with Crippen LogP contribution < -0.4 is 15.6 Å². The highest BCUT2D eigenvalue weighted by molar-refractivity contribution is 5.61. The summed E-state index contributed by atoms with van der Waals surface area (Å²) in [6, 6.07) is 11.7. The number of methoxy groups -OCH3 is 1. The van der Waals surface area contributed by atoms with Crippen molar-refractivity contribution in [2.24, 2.45) is 0 Å². The molecule has 4 nitrogen and oxygen atoms in total. The van der Waals surface area contributed by atoms with Gasteiger partial charge in [0.05, 0.1) is 12.8 Å². The van der Waals surface area contributed by atoms with Gasteiger partial charge in [-0.1, -0.05) is 13.0 Å². The molecular formula is C17H22N2O2. The van der Waals surface area contributed by atoms with Crippen LogP contribution in [0.25, 0.3) is 11.3 Å². The van der Waals surface area contributed by atoms with Crippen molar-refractivity contribution < 1.29 is 4.74 Å². The molecule has 1 heterocycles. The van der Waals surface area contributed by atoms with Gasteiger partial charge in [-0.2, -0.15) is 0 Å². The largest absolute Gasteiger partial charge is 0.497 e. The Morgan fingerprint density at radius 1 is 1.10 bits per heavy atom. The average molecular weight is 286 g/mol. The summed E-state index contributed by atoms with van der Waals surface area (Å²) in [4.78, 5) is 12.5. The first-order chi connectivity index (χ1) is 10.2. The van der Waals surface area contributed by atoms with E-state index in [-0.39, 0.29) is 5.56 Å². The molecule has 0 bridgehead atoms. The van der Waals surface area contributed by atoms with Crippen molar-refractivity contribution in [3.05, 3.63) is 52.3 Å². The maximum absolute atomic E-state index is 12.5. The van der Waals surface area contributed by atoms with E-state index < -0.39 is 0 Å². The van der Waals surface area contributed by atoms with Crippen LogP contribution in [-0.4, -0.2) is 18.2 Å². The molecule has 2 rings (SSSR count). The van der Waals surface area contributed by atoms with Crippen molar-refractivity contribution in [1.29, 1.82) is 0 Å². The molecule has 0 unspecified atom stereocenters. The average Bonchev–Trinajstić information content (AvgIpc) is 2.53. The molecule has 21 heavy (non-hydrogen) atoms. The molecule has 0 amide bonds. The van der Waals surface area contributed by atoms with Crippen molar-refractivity contribution in [3.8, 4) is 17.0 Å². The molecule has 0 saturated heterocycles. The molecule has 0 aliphatic rings. The molecule has 0 atom stereocenters. The molecule has 0 saturated carbocycles. The highest BCUT2D eigenvalue weighted by Crippen LogP contribution is 2.21. The lowest BCUT2D eigenvalue weighted by Crippen LogP contribution is -2.27. The normalized spacial score (nSPS) is 10.6. The SMILES string of the molecule is CCNCc1ccc(-c2ccc(OC)cc2)n(CC)c1=O. The topological polar surface area (TPSA) is 43.3 Å². The zero-order valence-electron chi connectivity index (χ0n) is 12.8. The van der Waals surface area contributed by atoms with Crippen LogP contribution in [0.5, 0.6) is 5.75 Å². The van der Waals surface area contributed by atoms with Gasteiger partial charge in [-0.15, -0.1) is 0 Å². The Morgan fingerprint density at radius 2 is 1.81 bits per heavy atom. The fraction of sp³-hybridized carbons (Fsp3) is 0.353. The minimum Gasteiger partial charge on any atom is -0.497 e. The van der Waals surface area contributed by atoms with Crippen LogP contribution >= 0.6 is 0 Å². The van der Waals surface area contributed by atoms with Crippen molar-refractivity contribution in [3.63, 3.8) is 0 Å². The molecular weight excluding hydrogens is 264 g/mol. The molecule has 2 aromatic rings. The van der Waals surface area contributed by atoms with Gasteiger partial charge in [0.2, 0.25) is 0 Å². The first-order valence-corrected chi connectivity index (χ1v) is 7.29. The van der Waals surface area contributed by atoms with Gasteiger partial charge >= 0.3 is 0 Å². The van der Waals surface area contributed by atoms with E-state index in [1.165, 1.54) is 0 Å². The number of benzene rings is 1. The van der Waals surface area contributed by atoms with Crippen LogP contribution in [-0.2, 0) is 13.1 Å². The van der Waals surface area contributed by atoms with Crippen LogP contribution in [0.3, 0.4) is 0 Å². The first-order valence-electron chi connectivity index (χ1n) is 7.29. The maximum atomic E-state index is 12.5. The van der Waals surface area contributed by atoms with Gasteiger partial charge < -0.3 is 14.6 Å². The summed E-state index contributed by atoms with van der Waals surface area (Å²) >= 11 is 0. The molecule has 0 fully saturated rings. The van der Waals surface area contributed by atoms with Gasteiger partial charge in [-0.3, -0.25) is 4.79 Å². The third-order valence-corrected chi connectivity index (χ3v) is 3.52. The number of nitrogens with zero attached hydrogens (tertiary/aromatic N) is 1. The second kappa shape index (κ2) is 7.09. The van der Waals surface area contributed by atoms with E-state index in [9.17, 15) is 4.79 Å². The maximum Gasteiger partial charge on any atom is 0.255 e. The summed E-state index contributed by atoms with van der Waals surface area (Å²) in [5.41, 5.74) is 2.83. The Labute approximate surface area is 125 Å². The third kappa shape index (κ3) is 3.34. The fourth-order valence-electron chi connectivity index (χ4n) is 2.35. The van der Waals surface area contributed by atoms with Crippen LogP contribution in [0.1, 0.15) is 19.4 Å². The van der Waals surface area contributed by atoms with Crippen LogP contribution in [0.2, 0.25) is 0 Å². The minimum absolute atomic E-state index is 0.0757. The third-order valence-electron chi connectivity index (χ3n) is 3.52. The van der Waals surface area contributed by atoms with E-state index in [0.29, 0.717) is 13.1 Å². The predicted octanol–water partition coefficient (Wildman–Crippen LogP) is 2.65. The second-order valence-electron chi connectivity index (χ2n) is 4.80. The van der Waals surface area contributed by atoms with E-state index in [0.717, 1.165) is 29.1 Å². The fourth-order valence-corrected chi connectivity index (χ4v) is 2.35. The molecule has 0 aliphatic heterocycles. The molecule has 112 valence electrons. The number of pyridine rings is 1. The van der Waals surface area contributed by atoms with Gasteiger partial charge in [0.15, 0.2) is 0 Å². The van der Waals surface area contributed by atoms with Crippen molar-refractivity contribution >= 4 is 0 Å². The highest BCUT2D eigenvalue weighted by Gasteiger charge is 2.09. The number of ether oxygens (including phenoxy) is 1. The van der Waals surface area contributed by atoms with Crippen LogP contribution in [0, 0.1) is 0 Å².